The van der Waals surface area contributed by atoms with Gasteiger partial charge in [0.2, 0.25) is 5.91 Å². The number of aliphatic imine (C=N–C) groups is 1. The second-order valence-corrected chi connectivity index (χ2v) is 11.8. The number of carbonyl (C=O) groups is 3. The molecule has 2 fully saturated rings. The van der Waals surface area contributed by atoms with Gasteiger partial charge in [0.05, 0.1) is 28.0 Å². The van der Waals surface area contributed by atoms with Gasteiger partial charge in [-0.1, -0.05) is 11.6 Å². The van der Waals surface area contributed by atoms with Gasteiger partial charge < -0.3 is 35.4 Å². The molecule has 2 aliphatic heterocycles. The maximum atomic E-state index is 14.6. The van der Waals surface area contributed by atoms with Crippen molar-refractivity contribution in [3.05, 3.63) is 52.6 Å². The number of rotatable bonds is 8. The summed E-state index contributed by atoms with van der Waals surface area (Å²) < 4.78 is 16.0. The fourth-order valence-electron chi connectivity index (χ4n) is 5.81. The Morgan fingerprint density at radius 2 is 1.98 bits per heavy atom. The molecule has 43 heavy (non-hydrogen) atoms. The molecule has 0 bridgehead atoms. The fraction of sp³-hybridized carbons (Fsp3) is 0.345. The van der Waals surface area contributed by atoms with E-state index in [1.54, 1.807) is 6.07 Å². The number of likely N-dealkylation sites (tertiary alicyclic amines) is 1. The van der Waals surface area contributed by atoms with Crippen molar-refractivity contribution in [1.82, 2.24) is 19.4 Å². The minimum Gasteiger partial charge on any atom is -0.504 e. The molecule has 0 aliphatic carbocycles. The first-order valence-corrected chi connectivity index (χ1v) is 13.8. The number of anilines is 2. The van der Waals surface area contributed by atoms with Crippen LogP contribution < -0.4 is 16.0 Å². The molecule has 14 heteroatoms. The van der Waals surface area contributed by atoms with E-state index in [2.05, 4.69) is 38.9 Å². The number of primary amides is 1. The molecule has 2 aliphatic rings. The van der Waals surface area contributed by atoms with Gasteiger partial charge in [-0.15, -0.1) is 0 Å². The largest absolute Gasteiger partial charge is 0.504 e. The number of nitrogens with two attached hydrogens (primary N) is 1. The number of nitrogens with zero attached hydrogens (tertiary/aromatic N) is 6. The van der Waals surface area contributed by atoms with E-state index in [1.807, 2.05) is 0 Å². The van der Waals surface area contributed by atoms with Crippen LogP contribution in [0.15, 0.2) is 35.6 Å². The minimum absolute atomic E-state index is 0.0156. The van der Waals surface area contributed by atoms with Crippen molar-refractivity contribution in [2.75, 3.05) is 57.5 Å². The Kier molecular flexibility index (Phi) is 7.88. The van der Waals surface area contributed by atoms with E-state index in [-0.39, 0.29) is 39.5 Å². The lowest BCUT2D eigenvalue weighted by Gasteiger charge is -2.48. The minimum atomic E-state index is -1.11. The van der Waals surface area contributed by atoms with Crippen molar-refractivity contribution in [3.63, 3.8) is 0 Å². The van der Waals surface area contributed by atoms with E-state index >= 15 is 0 Å². The van der Waals surface area contributed by atoms with Crippen LogP contribution in [0.1, 0.15) is 27.1 Å². The summed E-state index contributed by atoms with van der Waals surface area (Å²) in [5.74, 6) is -3.31. The molecular weight excluding hydrogens is 579 g/mol. The van der Waals surface area contributed by atoms with Crippen LogP contribution in [0.5, 0.6) is 5.75 Å². The zero-order chi connectivity index (χ0) is 31.2. The molecular formula is C29H32ClFN8O4. The van der Waals surface area contributed by atoms with Crippen molar-refractivity contribution in [1.29, 1.82) is 0 Å². The Labute approximate surface area is 252 Å². The molecule has 2 saturated heterocycles. The second-order valence-electron chi connectivity index (χ2n) is 11.4. The van der Waals surface area contributed by atoms with Gasteiger partial charge in [-0.25, -0.2) is 14.4 Å². The van der Waals surface area contributed by atoms with Gasteiger partial charge in [0.25, 0.3) is 11.8 Å². The summed E-state index contributed by atoms with van der Waals surface area (Å²) in [5.41, 5.74) is 5.73. The number of amides is 3. The molecule has 1 aromatic carbocycles. The average Bonchev–Trinajstić information content (AvgIpc) is 3.50. The van der Waals surface area contributed by atoms with Crippen molar-refractivity contribution in [3.8, 4) is 16.9 Å². The number of aromatic nitrogens is 2. The van der Waals surface area contributed by atoms with E-state index in [9.17, 15) is 23.9 Å². The monoisotopic (exact) mass is 610 g/mol. The first-order valence-electron chi connectivity index (χ1n) is 13.5. The third-order valence-corrected chi connectivity index (χ3v) is 8.20. The Balaban J connectivity index is 1.43. The summed E-state index contributed by atoms with van der Waals surface area (Å²) in [6.07, 6.45) is 4.05. The normalized spacial score (nSPS) is 15.8. The van der Waals surface area contributed by atoms with Gasteiger partial charge in [-0.3, -0.25) is 14.4 Å². The third-order valence-electron chi connectivity index (χ3n) is 7.89. The quantitative estimate of drug-likeness (QED) is 0.332. The number of halogens is 2. The van der Waals surface area contributed by atoms with E-state index in [1.165, 1.54) is 42.0 Å². The molecule has 3 aromatic rings. The van der Waals surface area contributed by atoms with Gasteiger partial charge in [0, 0.05) is 57.0 Å². The van der Waals surface area contributed by atoms with Gasteiger partial charge in [0.15, 0.2) is 11.6 Å². The lowest BCUT2D eigenvalue weighted by molar-refractivity contribution is -0.116. The van der Waals surface area contributed by atoms with Crippen molar-refractivity contribution >= 4 is 53.4 Å². The molecule has 12 nitrogen and oxygen atoms in total. The van der Waals surface area contributed by atoms with E-state index < -0.39 is 34.9 Å². The van der Waals surface area contributed by atoms with E-state index in [0.29, 0.717) is 11.5 Å². The number of aromatic hydroxyl groups is 1. The van der Waals surface area contributed by atoms with Gasteiger partial charge in [0.1, 0.15) is 18.2 Å². The molecule has 3 amide bonds. The zero-order valence-corrected chi connectivity index (χ0v) is 24.8. The molecule has 0 radical (unpaired) electrons. The summed E-state index contributed by atoms with van der Waals surface area (Å²) in [4.78, 5) is 52.5. The smallest absolute Gasteiger partial charge is 0.257 e. The predicted octanol–water partition coefficient (Wildman–Crippen LogP) is 2.96. The van der Waals surface area contributed by atoms with Crippen LogP contribution in [0, 0.1) is 11.2 Å². The average molecular weight is 611 g/mol. The number of carbonyl (C=O) groups excluding carboxylic acids is 3. The fourth-order valence-corrected chi connectivity index (χ4v) is 5.97. The molecule has 1 spiro atoms. The van der Waals surface area contributed by atoms with Crippen molar-refractivity contribution < 1.29 is 23.9 Å². The van der Waals surface area contributed by atoms with Crippen LogP contribution in [-0.2, 0) is 11.3 Å². The highest BCUT2D eigenvalue weighted by Crippen LogP contribution is 2.42. The van der Waals surface area contributed by atoms with Gasteiger partial charge in [-0.2, -0.15) is 0 Å². The van der Waals surface area contributed by atoms with Crippen LogP contribution in [0.2, 0.25) is 5.02 Å². The van der Waals surface area contributed by atoms with E-state index in [4.69, 9.17) is 17.3 Å². The number of benzene rings is 1. The molecule has 4 heterocycles. The highest BCUT2D eigenvalue weighted by molar-refractivity contribution is 6.33. The van der Waals surface area contributed by atoms with E-state index in [0.717, 1.165) is 38.7 Å². The number of nitrogens with one attached hydrogen (secondary N) is 1. The molecule has 0 atom stereocenters. The molecule has 4 N–H and O–H groups in total. The topological polar surface area (TPSA) is 149 Å². The summed E-state index contributed by atoms with van der Waals surface area (Å²) in [7, 11) is 5.15. The predicted molar refractivity (Wildman–Crippen MR) is 162 cm³/mol. The molecule has 2 aromatic heterocycles. The summed E-state index contributed by atoms with van der Waals surface area (Å²) in [6.45, 7) is 7.12. The Morgan fingerprint density at radius 3 is 2.58 bits per heavy atom. The highest BCUT2D eigenvalue weighted by atomic mass is 35.5. The second kappa shape index (κ2) is 11.3. The first kappa shape index (κ1) is 30.0. The van der Waals surface area contributed by atoms with Crippen LogP contribution in [-0.4, -0.2) is 96.2 Å². The van der Waals surface area contributed by atoms with Crippen LogP contribution >= 0.6 is 11.6 Å². The Morgan fingerprint density at radius 1 is 1.26 bits per heavy atom. The molecule has 5 rings (SSSR count). The third kappa shape index (κ3) is 5.65. The maximum Gasteiger partial charge on any atom is 0.257 e. The number of pyridine rings is 1. The standard InChI is InChI=1S/C29H32ClFN8O4/c1-33-27-24(28(43)36(2)3)18(16-7-17(26(32)42)25(41)20(31)8-16)11-38(27)12-23(40)35-21-9-22(34-10-19(21)30)39-14-29(15-39)5-6-37(4)13-29/h7-11,41H,1,5-6,12-15H2,2-4H3,(H2,32,42)(H,34,35,40). The number of phenols is 1. The van der Waals surface area contributed by atoms with Crippen molar-refractivity contribution in [2.45, 2.75) is 13.0 Å². The molecule has 0 unspecified atom stereocenters. The highest BCUT2D eigenvalue weighted by Gasteiger charge is 2.47. The lowest BCUT2D eigenvalue weighted by Crippen LogP contribution is -2.57. The van der Waals surface area contributed by atoms with Gasteiger partial charge in [-0.05, 0) is 44.4 Å². The van der Waals surface area contributed by atoms with Gasteiger partial charge >= 0.3 is 0 Å². The first-order chi connectivity index (χ1) is 20.3. The SMILES string of the molecule is C=Nc1c(C(=O)N(C)C)c(-c2cc(F)c(O)c(C(N)=O)c2)cn1CC(=O)Nc1cc(N2CC3(CCN(C)C3)C2)ncc1Cl. The lowest BCUT2D eigenvalue weighted by atomic mass is 9.79. The van der Waals surface area contributed by atoms with Crippen LogP contribution in [0.4, 0.5) is 21.7 Å². The van der Waals surface area contributed by atoms with Crippen LogP contribution in [0.3, 0.4) is 0 Å². The summed E-state index contributed by atoms with van der Waals surface area (Å²) in [6, 6.07) is 3.86. The summed E-state index contributed by atoms with van der Waals surface area (Å²) in [5, 5.41) is 13.0. The Hall–Kier alpha value is -4.49. The zero-order valence-electron chi connectivity index (χ0n) is 24.0. The number of hydrogen-bond donors (Lipinski definition) is 3. The molecule has 0 saturated carbocycles. The number of hydrogen-bond acceptors (Lipinski definition) is 8. The molecule has 226 valence electrons. The van der Waals surface area contributed by atoms with Crippen molar-refractivity contribution in [2.24, 2.45) is 16.1 Å². The summed E-state index contributed by atoms with van der Waals surface area (Å²) >= 11 is 6.38. The maximum absolute atomic E-state index is 14.6. The Bertz CT molecular complexity index is 1650. The van der Waals surface area contributed by atoms with Crippen LogP contribution in [0.25, 0.3) is 11.1 Å².